The van der Waals surface area contributed by atoms with Gasteiger partial charge in [0.25, 0.3) is 5.91 Å². The molecule has 1 aliphatic rings. The number of sulfonamides is 1. The van der Waals surface area contributed by atoms with E-state index in [1.165, 1.54) is 0 Å². The predicted octanol–water partition coefficient (Wildman–Crippen LogP) is 2.76. The number of rotatable bonds is 5. The van der Waals surface area contributed by atoms with Gasteiger partial charge in [-0.05, 0) is 60.0 Å². The molecule has 0 atom stereocenters. The summed E-state index contributed by atoms with van der Waals surface area (Å²) >= 11 is 0. The summed E-state index contributed by atoms with van der Waals surface area (Å²) in [4.78, 5) is 18.6. The smallest absolute Gasteiger partial charge is 0.258 e. The molecular formula is C21H19N3O3S. The second-order valence-corrected chi connectivity index (χ2v) is 8.31. The van der Waals surface area contributed by atoms with Gasteiger partial charge in [-0.15, -0.1) is 0 Å². The molecule has 1 amide bonds. The molecule has 6 nitrogen and oxygen atoms in total. The third-order valence-electron chi connectivity index (χ3n) is 4.74. The number of nitrogens with zero attached hydrogens (tertiary/aromatic N) is 2. The van der Waals surface area contributed by atoms with Gasteiger partial charge in [0.2, 0.25) is 10.0 Å². The van der Waals surface area contributed by atoms with Gasteiger partial charge in [-0.1, -0.05) is 18.2 Å². The largest absolute Gasteiger partial charge is 0.308 e. The quantitative estimate of drug-likeness (QED) is 0.723. The number of hydrogen-bond donors (Lipinski definition) is 1. The monoisotopic (exact) mass is 393 g/mol. The molecule has 28 heavy (non-hydrogen) atoms. The zero-order valence-corrected chi connectivity index (χ0v) is 15.9. The van der Waals surface area contributed by atoms with E-state index in [0.29, 0.717) is 18.5 Å². The lowest BCUT2D eigenvalue weighted by Gasteiger charge is -2.17. The third kappa shape index (κ3) is 3.67. The first-order chi connectivity index (χ1) is 13.5. The maximum Gasteiger partial charge on any atom is 0.258 e. The number of fused-ring (bicyclic) bond motifs is 1. The van der Waals surface area contributed by atoms with Crippen LogP contribution in [0.5, 0.6) is 0 Å². The average Bonchev–Trinajstić information content (AvgIpc) is 3.16. The minimum Gasteiger partial charge on any atom is -0.308 e. The zero-order valence-electron chi connectivity index (χ0n) is 15.1. The maximum absolute atomic E-state index is 12.7. The second kappa shape index (κ2) is 7.53. The molecular weight excluding hydrogens is 374 g/mol. The van der Waals surface area contributed by atoms with Crippen LogP contribution in [0.1, 0.15) is 21.5 Å². The van der Waals surface area contributed by atoms with Crippen LogP contribution in [0.25, 0.3) is 0 Å². The van der Waals surface area contributed by atoms with Gasteiger partial charge in [-0.2, -0.15) is 0 Å². The standard InChI is InChI=1S/C21H19N3O3S/c25-21(17-4-2-1-3-5-17)24-13-10-18-14-19(6-7-20(18)24)28(26,27)23-15-16-8-11-22-12-9-16/h1-9,11-12,14,23H,10,13,15H2. The van der Waals surface area contributed by atoms with Crippen molar-refractivity contribution >= 4 is 21.6 Å². The Morgan fingerprint density at radius 1 is 1.04 bits per heavy atom. The number of pyridine rings is 1. The highest BCUT2D eigenvalue weighted by atomic mass is 32.2. The normalized spacial score (nSPS) is 13.4. The SMILES string of the molecule is O=C(c1ccccc1)N1CCc2cc(S(=O)(=O)NCc3ccncc3)ccc21. The molecule has 0 radical (unpaired) electrons. The van der Waals surface area contributed by atoms with Crippen molar-refractivity contribution in [2.75, 3.05) is 11.4 Å². The van der Waals surface area contributed by atoms with Crippen molar-refractivity contribution in [1.82, 2.24) is 9.71 Å². The number of hydrogen-bond acceptors (Lipinski definition) is 4. The number of benzene rings is 2. The summed E-state index contributed by atoms with van der Waals surface area (Å²) in [6, 6.07) is 17.5. The molecule has 2 heterocycles. The Hall–Kier alpha value is -3.03. The van der Waals surface area contributed by atoms with E-state index < -0.39 is 10.0 Å². The Kier molecular flexibility index (Phi) is 4.93. The third-order valence-corrected chi connectivity index (χ3v) is 6.14. The molecule has 2 aromatic carbocycles. The van der Waals surface area contributed by atoms with E-state index in [4.69, 9.17) is 0 Å². The molecule has 0 saturated heterocycles. The summed E-state index contributed by atoms with van der Waals surface area (Å²) in [5, 5.41) is 0. The number of aromatic nitrogens is 1. The lowest BCUT2D eigenvalue weighted by atomic mass is 10.1. The Bertz CT molecular complexity index is 1100. The fourth-order valence-corrected chi connectivity index (χ4v) is 4.32. The number of carbonyl (C=O) groups is 1. The van der Waals surface area contributed by atoms with Crippen molar-refractivity contribution < 1.29 is 13.2 Å². The van der Waals surface area contributed by atoms with E-state index in [2.05, 4.69) is 9.71 Å². The van der Waals surface area contributed by atoms with E-state index in [1.54, 1.807) is 59.8 Å². The molecule has 4 rings (SSSR count). The molecule has 0 fully saturated rings. The molecule has 0 spiro atoms. The van der Waals surface area contributed by atoms with Gasteiger partial charge >= 0.3 is 0 Å². The summed E-state index contributed by atoms with van der Waals surface area (Å²) in [5.74, 6) is -0.0780. The van der Waals surface area contributed by atoms with Crippen molar-refractivity contribution in [1.29, 1.82) is 0 Å². The Labute approximate surface area is 163 Å². The van der Waals surface area contributed by atoms with E-state index in [0.717, 1.165) is 16.8 Å². The maximum atomic E-state index is 12.7. The molecule has 0 bridgehead atoms. The molecule has 3 aromatic rings. The topological polar surface area (TPSA) is 79.4 Å². The summed E-state index contributed by atoms with van der Waals surface area (Å²) in [6.45, 7) is 0.734. The molecule has 0 saturated carbocycles. The van der Waals surface area contributed by atoms with E-state index >= 15 is 0 Å². The number of nitrogens with one attached hydrogen (secondary N) is 1. The van der Waals surface area contributed by atoms with E-state index in [1.807, 2.05) is 18.2 Å². The van der Waals surface area contributed by atoms with Crippen LogP contribution >= 0.6 is 0 Å². The highest BCUT2D eigenvalue weighted by Gasteiger charge is 2.27. The second-order valence-electron chi connectivity index (χ2n) is 6.54. The Morgan fingerprint density at radius 2 is 1.79 bits per heavy atom. The van der Waals surface area contributed by atoms with E-state index in [9.17, 15) is 13.2 Å². The summed E-state index contributed by atoms with van der Waals surface area (Å²) in [6.07, 6.45) is 3.87. The highest BCUT2D eigenvalue weighted by molar-refractivity contribution is 7.89. The van der Waals surface area contributed by atoms with Crippen molar-refractivity contribution in [2.24, 2.45) is 0 Å². The van der Waals surface area contributed by atoms with Crippen LogP contribution in [0.4, 0.5) is 5.69 Å². The predicted molar refractivity (Wildman–Crippen MR) is 107 cm³/mol. The van der Waals surface area contributed by atoms with Crippen LogP contribution in [0, 0.1) is 0 Å². The van der Waals surface area contributed by atoms with Gasteiger partial charge in [0.05, 0.1) is 4.90 Å². The van der Waals surface area contributed by atoms with Gasteiger partial charge in [-0.3, -0.25) is 9.78 Å². The van der Waals surface area contributed by atoms with Crippen LogP contribution < -0.4 is 9.62 Å². The van der Waals surface area contributed by atoms with Crippen LogP contribution in [0.2, 0.25) is 0 Å². The number of anilines is 1. The molecule has 1 aliphatic heterocycles. The van der Waals surface area contributed by atoms with Gasteiger partial charge in [-0.25, -0.2) is 13.1 Å². The highest BCUT2D eigenvalue weighted by Crippen LogP contribution is 2.31. The summed E-state index contributed by atoms with van der Waals surface area (Å²) < 4.78 is 27.9. The van der Waals surface area contributed by atoms with Crippen LogP contribution in [0.15, 0.2) is 78.0 Å². The Morgan fingerprint density at radius 3 is 2.54 bits per heavy atom. The first-order valence-electron chi connectivity index (χ1n) is 8.93. The molecule has 0 unspecified atom stereocenters. The lowest BCUT2D eigenvalue weighted by Crippen LogP contribution is -2.28. The van der Waals surface area contributed by atoms with Gasteiger partial charge in [0.15, 0.2) is 0 Å². The first kappa shape index (κ1) is 18.3. The average molecular weight is 393 g/mol. The van der Waals surface area contributed by atoms with E-state index in [-0.39, 0.29) is 17.3 Å². The van der Waals surface area contributed by atoms with Crippen LogP contribution in [-0.2, 0) is 23.0 Å². The minimum absolute atomic E-state index is 0.0780. The minimum atomic E-state index is -3.64. The summed E-state index contributed by atoms with van der Waals surface area (Å²) in [7, 11) is -3.64. The fourth-order valence-electron chi connectivity index (χ4n) is 3.26. The van der Waals surface area contributed by atoms with Gasteiger partial charge in [0.1, 0.15) is 0 Å². The Balaban J connectivity index is 1.54. The number of amides is 1. The molecule has 1 aromatic heterocycles. The molecule has 1 N–H and O–H groups in total. The molecule has 7 heteroatoms. The van der Waals surface area contributed by atoms with Crippen molar-refractivity contribution in [3.63, 3.8) is 0 Å². The van der Waals surface area contributed by atoms with Gasteiger partial charge < -0.3 is 4.90 Å². The molecule has 0 aliphatic carbocycles. The molecule has 142 valence electrons. The van der Waals surface area contributed by atoms with Crippen molar-refractivity contribution in [3.05, 3.63) is 89.7 Å². The van der Waals surface area contributed by atoms with Crippen LogP contribution in [0.3, 0.4) is 0 Å². The first-order valence-corrected chi connectivity index (χ1v) is 10.4. The van der Waals surface area contributed by atoms with Crippen LogP contribution in [-0.4, -0.2) is 25.9 Å². The van der Waals surface area contributed by atoms with Crippen molar-refractivity contribution in [2.45, 2.75) is 17.9 Å². The van der Waals surface area contributed by atoms with Crippen molar-refractivity contribution in [3.8, 4) is 0 Å². The summed E-state index contributed by atoms with van der Waals surface area (Å²) in [5.41, 5.74) is 3.07. The number of carbonyl (C=O) groups excluding carboxylic acids is 1. The fraction of sp³-hybridized carbons (Fsp3) is 0.143. The van der Waals surface area contributed by atoms with Gasteiger partial charge in [0, 0.05) is 36.7 Å². The zero-order chi connectivity index (χ0) is 19.6. The lowest BCUT2D eigenvalue weighted by molar-refractivity contribution is 0.0989.